The van der Waals surface area contributed by atoms with E-state index in [0.29, 0.717) is 5.02 Å². The number of halogens is 1. The Bertz CT molecular complexity index is 1560. The van der Waals surface area contributed by atoms with Crippen molar-refractivity contribution in [1.82, 2.24) is 0 Å². The van der Waals surface area contributed by atoms with Gasteiger partial charge < -0.3 is 19.7 Å². The first-order valence-corrected chi connectivity index (χ1v) is 12.1. The fourth-order valence-corrected chi connectivity index (χ4v) is 3.98. The largest absolute Gasteiger partial charge is 0.504 e. The highest BCUT2D eigenvalue weighted by Gasteiger charge is 2.37. The van der Waals surface area contributed by atoms with Gasteiger partial charge in [-0.25, -0.2) is 9.59 Å². The molecule has 8 nitrogen and oxygen atoms in total. The number of phenols is 2. The molecular formula is C30H21ClO8. The highest BCUT2D eigenvalue weighted by atomic mass is 35.5. The lowest BCUT2D eigenvalue weighted by Gasteiger charge is -2.19. The average Bonchev–Trinajstić information content (AvgIpc) is 2.96. The van der Waals surface area contributed by atoms with E-state index < -0.39 is 57.4 Å². The van der Waals surface area contributed by atoms with Crippen LogP contribution in [0.15, 0.2) is 84.9 Å². The molecule has 0 saturated heterocycles. The van der Waals surface area contributed by atoms with Gasteiger partial charge in [0.2, 0.25) is 5.75 Å². The summed E-state index contributed by atoms with van der Waals surface area (Å²) in [4.78, 5) is 53.7. The second-order valence-corrected chi connectivity index (χ2v) is 8.59. The second kappa shape index (κ2) is 11.6. The topological polar surface area (TPSA) is 127 Å². The first-order valence-electron chi connectivity index (χ1n) is 11.7. The summed E-state index contributed by atoms with van der Waals surface area (Å²) in [7, 11) is 0. The van der Waals surface area contributed by atoms with Crippen LogP contribution in [0.4, 0.5) is 0 Å². The molecule has 0 unspecified atom stereocenters. The molecule has 0 atom stereocenters. The summed E-state index contributed by atoms with van der Waals surface area (Å²) in [5, 5.41) is 22.3. The number of esters is 2. The van der Waals surface area contributed by atoms with Crippen molar-refractivity contribution < 1.29 is 38.9 Å². The van der Waals surface area contributed by atoms with Gasteiger partial charge in [0.25, 0.3) is 0 Å². The van der Waals surface area contributed by atoms with Crippen molar-refractivity contribution in [1.29, 1.82) is 0 Å². The predicted octanol–water partition coefficient (Wildman–Crippen LogP) is 5.61. The number of carbonyl (C=O) groups excluding carboxylic acids is 4. The Labute approximate surface area is 228 Å². The molecule has 0 aromatic heterocycles. The predicted molar refractivity (Wildman–Crippen MR) is 142 cm³/mol. The van der Waals surface area contributed by atoms with Crippen LogP contribution in [0, 0.1) is 0 Å². The molecule has 0 spiro atoms. The zero-order valence-electron chi connectivity index (χ0n) is 20.5. The SMILES string of the molecule is CCOC(=O)c1c(C(=O)c2ccccc2)c(O)c(O)c(OC(=O)c2ccccc2)c1C(=O)c1ccc(Cl)cc1. The normalized spacial score (nSPS) is 10.5. The van der Waals surface area contributed by atoms with E-state index in [4.69, 9.17) is 21.1 Å². The molecular weight excluding hydrogens is 524 g/mol. The van der Waals surface area contributed by atoms with Crippen molar-refractivity contribution in [3.63, 3.8) is 0 Å². The number of carbonyl (C=O) groups is 4. The minimum absolute atomic E-state index is 0.00911. The van der Waals surface area contributed by atoms with Gasteiger partial charge in [-0.1, -0.05) is 60.1 Å². The molecule has 4 aromatic carbocycles. The quantitative estimate of drug-likeness (QED) is 0.127. The number of aromatic hydroxyl groups is 2. The van der Waals surface area contributed by atoms with Crippen LogP contribution in [0.5, 0.6) is 17.2 Å². The molecule has 0 amide bonds. The van der Waals surface area contributed by atoms with E-state index in [1.54, 1.807) is 36.4 Å². The van der Waals surface area contributed by atoms with Crippen LogP contribution < -0.4 is 4.74 Å². The van der Waals surface area contributed by atoms with E-state index in [9.17, 15) is 29.4 Å². The van der Waals surface area contributed by atoms with Crippen LogP contribution in [-0.4, -0.2) is 40.3 Å². The number of benzene rings is 4. The van der Waals surface area contributed by atoms with Crippen molar-refractivity contribution in [3.05, 3.63) is 123 Å². The molecule has 0 saturated carbocycles. The number of ketones is 2. The van der Waals surface area contributed by atoms with Gasteiger partial charge in [-0.2, -0.15) is 0 Å². The van der Waals surface area contributed by atoms with Crippen molar-refractivity contribution in [2.75, 3.05) is 6.61 Å². The molecule has 0 aliphatic heterocycles. The fourth-order valence-electron chi connectivity index (χ4n) is 3.85. The molecule has 0 aliphatic carbocycles. The van der Waals surface area contributed by atoms with Crippen molar-refractivity contribution >= 4 is 35.1 Å². The maximum atomic E-state index is 13.9. The highest BCUT2D eigenvalue weighted by Crippen LogP contribution is 2.46. The monoisotopic (exact) mass is 544 g/mol. The maximum absolute atomic E-state index is 13.9. The summed E-state index contributed by atoms with van der Waals surface area (Å²) in [5.41, 5.74) is -1.90. The van der Waals surface area contributed by atoms with Gasteiger partial charge >= 0.3 is 11.9 Å². The highest BCUT2D eigenvalue weighted by molar-refractivity contribution is 6.31. The van der Waals surface area contributed by atoms with Gasteiger partial charge in [-0.15, -0.1) is 0 Å². The van der Waals surface area contributed by atoms with Crippen LogP contribution in [0.2, 0.25) is 5.02 Å². The molecule has 4 aromatic rings. The van der Waals surface area contributed by atoms with Crippen LogP contribution in [-0.2, 0) is 4.74 Å². The number of ether oxygens (including phenoxy) is 2. The number of rotatable bonds is 8. The number of phenolic OH excluding ortho intramolecular Hbond substituents is 2. The third-order valence-electron chi connectivity index (χ3n) is 5.68. The summed E-state index contributed by atoms with van der Waals surface area (Å²) in [6.07, 6.45) is 0. The zero-order valence-corrected chi connectivity index (χ0v) is 21.3. The molecule has 0 aliphatic rings. The lowest BCUT2D eigenvalue weighted by Crippen LogP contribution is -2.21. The van der Waals surface area contributed by atoms with Crippen molar-refractivity contribution in [3.8, 4) is 17.2 Å². The average molecular weight is 545 g/mol. The number of hydrogen-bond acceptors (Lipinski definition) is 8. The fraction of sp³-hybridized carbons (Fsp3) is 0.0667. The molecule has 0 radical (unpaired) electrons. The van der Waals surface area contributed by atoms with Gasteiger partial charge in [0.15, 0.2) is 23.1 Å². The maximum Gasteiger partial charge on any atom is 0.343 e. The summed E-state index contributed by atoms with van der Waals surface area (Å²) >= 11 is 5.96. The van der Waals surface area contributed by atoms with Gasteiger partial charge in [0, 0.05) is 16.1 Å². The van der Waals surface area contributed by atoms with Gasteiger partial charge in [0.05, 0.1) is 28.9 Å². The van der Waals surface area contributed by atoms with Crippen molar-refractivity contribution in [2.24, 2.45) is 0 Å². The van der Waals surface area contributed by atoms with Crippen molar-refractivity contribution in [2.45, 2.75) is 6.92 Å². The van der Waals surface area contributed by atoms with Gasteiger partial charge in [-0.05, 0) is 43.3 Å². The lowest BCUT2D eigenvalue weighted by molar-refractivity contribution is 0.0517. The van der Waals surface area contributed by atoms with Gasteiger partial charge in [0.1, 0.15) is 0 Å². The lowest BCUT2D eigenvalue weighted by atomic mass is 9.88. The molecule has 0 heterocycles. The van der Waals surface area contributed by atoms with Crippen LogP contribution in [0.3, 0.4) is 0 Å². The van der Waals surface area contributed by atoms with Crippen LogP contribution in [0.25, 0.3) is 0 Å². The third-order valence-corrected chi connectivity index (χ3v) is 5.94. The van der Waals surface area contributed by atoms with Gasteiger partial charge in [-0.3, -0.25) is 9.59 Å². The van der Waals surface area contributed by atoms with E-state index in [-0.39, 0.29) is 23.3 Å². The van der Waals surface area contributed by atoms with Crippen LogP contribution >= 0.6 is 11.6 Å². The minimum Gasteiger partial charge on any atom is -0.504 e. The Morgan fingerprint density at radius 3 is 1.72 bits per heavy atom. The Hall–Kier alpha value is -4.95. The molecule has 4 rings (SSSR count). The molecule has 2 N–H and O–H groups in total. The molecule has 0 bridgehead atoms. The summed E-state index contributed by atoms with van der Waals surface area (Å²) in [6, 6.07) is 20.8. The molecule has 0 fully saturated rings. The van der Waals surface area contributed by atoms with E-state index in [1.807, 2.05) is 0 Å². The first kappa shape index (κ1) is 27.1. The molecule has 9 heteroatoms. The third kappa shape index (κ3) is 5.51. The number of hydrogen-bond donors (Lipinski definition) is 2. The summed E-state index contributed by atoms with van der Waals surface area (Å²) in [6.45, 7) is 1.36. The zero-order chi connectivity index (χ0) is 28.1. The standard InChI is InChI=1S/C30H21ClO8/c1-2-38-30(37)21-22(24(32)17-9-5-3-6-10-17)26(34)27(35)28(39-29(36)19-11-7-4-8-12-19)23(21)25(33)18-13-15-20(31)16-14-18/h3-16,34-35H,2H2,1H3. The Kier molecular flexibility index (Phi) is 8.07. The summed E-state index contributed by atoms with van der Waals surface area (Å²) < 4.78 is 10.5. The van der Waals surface area contributed by atoms with E-state index in [0.717, 1.165) is 0 Å². The van der Waals surface area contributed by atoms with E-state index in [1.165, 1.54) is 55.5 Å². The van der Waals surface area contributed by atoms with Crippen LogP contribution in [0.1, 0.15) is 59.5 Å². The van der Waals surface area contributed by atoms with E-state index >= 15 is 0 Å². The minimum atomic E-state index is -1.15. The second-order valence-electron chi connectivity index (χ2n) is 8.16. The Morgan fingerprint density at radius 2 is 1.15 bits per heavy atom. The van der Waals surface area contributed by atoms with E-state index in [2.05, 4.69) is 0 Å². The molecule has 39 heavy (non-hydrogen) atoms. The summed E-state index contributed by atoms with van der Waals surface area (Å²) in [5.74, 6) is -6.87. The first-order chi connectivity index (χ1) is 18.7. The smallest absolute Gasteiger partial charge is 0.343 e. The Morgan fingerprint density at radius 1 is 0.641 bits per heavy atom. The molecule has 196 valence electrons. The Balaban J connectivity index is 2.05.